The molecule has 0 aliphatic heterocycles. The fourth-order valence-corrected chi connectivity index (χ4v) is 3.66. The second kappa shape index (κ2) is 5.71. The van der Waals surface area contributed by atoms with Gasteiger partial charge in [-0.3, -0.25) is 9.59 Å². The third kappa shape index (κ3) is 2.60. The van der Waals surface area contributed by atoms with Gasteiger partial charge in [-0.05, 0) is 43.4 Å². The van der Waals surface area contributed by atoms with E-state index in [0.717, 1.165) is 31.2 Å². The number of carboxylic acid groups (broad SMARTS) is 1. The van der Waals surface area contributed by atoms with Crippen LogP contribution in [0.15, 0.2) is 24.3 Å². The summed E-state index contributed by atoms with van der Waals surface area (Å²) in [5, 5.41) is 11.9. The smallest absolute Gasteiger partial charge is 0.306 e. The van der Waals surface area contributed by atoms with Crippen LogP contribution in [0.2, 0.25) is 0 Å². The molecule has 0 bridgehead atoms. The Morgan fingerprint density at radius 1 is 1.14 bits per heavy atom. The molecule has 0 radical (unpaired) electrons. The fourth-order valence-electron chi connectivity index (χ4n) is 3.66. The van der Waals surface area contributed by atoms with Gasteiger partial charge in [0.2, 0.25) is 5.91 Å². The van der Waals surface area contributed by atoms with E-state index in [1.54, 1.807) is 12.1 Å². The molecule has 2 N–H and O–H groups in total. The average Bonchev–Trinajstić information content (AvgIpc) is 2.93. The summed E-state index contributed by atoms with van der Waals surface area (Å²) in [5.74, 6) is -1.47. The van der Waals surface area contributed by atoms with Crippen molar-refractivity contribution in [3.63, 3.8) is 0 Å². The van der Waals surface area contributed by atoms with Crippen LogP contribution in [-0.4, -0.2) is 23.0 Å². The molecule has 1 aromatic rings. The number of hydrogen-bond donors (Lipinski definition) is 2. The van der Waals surface area contributed by atoms with Gasteiger partial charge < -0.3 is 10.4 Å². The molecular formula is C17H20FNO3. The van der Waals surface area contributed by atoms with Crippen LogP contribution in [0.25, 0.3) is 0 Å². The fraction of sp³-hybridized carbons (Fsp3) is 0.529. The SMILES string of the molecule is O=C(O)C1CC(NC(=O)C2(c3ccc(F)cc3)CCCC2)C1. The summed E-state index contributed by atoms with van der Waals surface area (Å²) in [5.41, 5.74) is 0.278. The zero-order chi connectivity index (χ0) is 15.7. The van der Waals surface area contributed by atoms with Crippen molar-refractivity contribution in [3.05, 3.63) is 35.6 Å². The van der Waals surface area contributed by atoms with E-state index in [0.29, 0.717) is 12.8 Å². The van der Waals surface area contributed by atoms with Crippen LogP contribution >= 0.6 is 0 Å². The Bertz CT molecular complexity index is 572. The van der Waals surface area contributed by atoms with Crippen molar-refractivity contribution >= 4 is 11.9 Å². The number of benzene rings is 1. The lowest BCUT2D eigenvalue weighted by Gasteiger charge is -2.37. The number of carboxylic acids is 1. The van der Waals surface area contributed by atoms with Crippen molar-refractivity contribution in [1.82, 2.24) is 5.32 Å². The maximum atomic E-state index is 13.1. The van der Waals surface area contributed by atoms with Crippen LogP contribution in [0, 0.1) is 11.7 Å². The lowest BCUT2D eigenvalue weighted by molar-refractivity contribution is -0.146. The molecule has 4 nitrogen and oxygen atoms in total. The van der Waals surface area contributed by atoms with Crippen molar-refractivity contribution in [3.8, 4) is 0 Å². The summed E-state index contributed by atoms with van der Waals surface area (Å²) >= 11 is 0. The van der Waals surface area contributed by atoms with E-state index in [1.807, 2.05) is 0 Å². The molecule has 0 atom stereocenters. The van der Waals surface area contributed by atoms with Gasteiger partial charge in [0, 0.05) is 6.04 Å². The maximum absolute atomic E-state index is 13.1. The summed E-state index contributed by atoms with van der Waals surface area (Å²) in [7, 11) is 0. The Morgan fingerprint density at radius 3 is 2.27 bits per heavy atom. The van der Waals surface area contributed by atoms with E-state index in [2.05, 4.69) is 5.32 Å². The molecule has 1 amide bonds. The van der Waals surface area contributed by atoms with Crippen LogP contribution in [0.1, 0.15) is 44.1 Å². The van der Waals surface area contributed by atoms with Crippen molar-refractivity contribution in [1.29, 1.82) is 0 Å². The summed E-state index contributed by atoms with van der Waals surface area (Å²) in [6, 6.07) is 6.13. The Balaban J connectivity index is 1.72. The number of rotatable bonds is 4. The van der Waals surface area contributed by atoms with Crippen LogP contribution < -0.4 is 5.32 Å². The molecule has 0 saturated heterocycles. The minimum absolute atomic E-state index is 0.0366. The van der Waals surface area contributed by atoms with E-state index in [9.17, 15) is 14.0 Å². The normalized spacial score (nSPS) is 26.2. The topological polar surface area (TPSA) is 66.4 Å². The summed E-state index contributed by atoms with van der Waals surface area (Å²) in [4.78, 5) is 23.6. The molecule has 0 unspecified atom stereocenters. The lowest BCUT2D eigenvalue weighted by atomic mass is 9.75. The van der Waals surface area contributed by atoms with Crippen molar-refractivity contribution in [2.45, 2.75) is 50.0 Å². The number of halogens is 1. The lowest BCUT2D eigenvalue weighted by Crippen LogP contribution is -2.52. The quantitative estimate of drug-likeness (QED) is 0.898. The second-order valence-electron chi connectivity index (χ2n) is 6.47. The molecule has 0 aromatic heterocycles. The molecule has 2 fully saturated rings. The molecule has 3 rings (SSSR count). The largest absolute Gasteiger partial charge is 0.481 e. The summed E-state index contributed by atoms with van der Waals surface area (Å²) in [6.07, 6.45) is 4.49. The first-order chi connectivity index (χ1) is 10.5. The van der Waals surface area contributed by atoms with Crippen LogP contribution in [0.5, 0.6) is 0 Å². The summed E-state index contributed by atoms with van der Waals surface area (Å²) in [6.45, 7) is 0. The minimum atomic E-state index is -0.792. The number of carbonyl (C=O) groups is 2. The van der Waals surface area contributed by atoms with E-state index >= 15 is 0 Å². The zero-order valence-electron chi connectivity index (χ0n) is 12.3. The Labute approximate surface area is 128 Å². The number of nitrogens with one attached hydrogen (secondary N) is 1. The van der Waals surface area contributed by atoms with Gasteiger partial charge in [-0.1, -0.05) is 25.0 Å². The highest BCUT2D eigenvalue weighted by Gasteiger charge is 2.45. The van der Waals surface area contributed by atoms with Gasteiger partial charge >= 0.3 is 5.97 Å². The van der Waals surface area contributed by atoms with E-state index < -0.39 is 11.4 Å². The second-order valence-corrected chi connectivity index (χ2v) is 6.47. The number of aliphatic carboxylic acids is 1. The highest BCUT2D eigenvalue weighted by Crippen LogP contribution is 2.42. The highest BCUT2D eigenvalue weighted by molar-refractivity contribution is 5.89. The average molecular weight is 305 g/mol. The van der Waals surface area contributed by atoms with E-state index in [1.165, 1.54) is 12.1 Å². The first kappa shape index (κ1) is 15.0. The van der Waals surface area contributed by atoms with Gasteiger partial charge in [-0.25, -0.2) is 4.39 Å². The van der Waals surface area contributed by atoms with Gasteiger partial charge in [0.1, 0.15) is 5.82 Å². The first-order valence-corrected chi connectivity index (χ1v) is 7.81. The van der Waals surface area contributed by atoms with Gasteiger partial charge in [0.15, 0.2) is 0 Å². The van der Waals surface area contributed by atoms with Crippen LogP contribution in [-0.2, 0) is 15.0 Å². The predicted molar refractivity (Wildman–Crippen MR) is 78.8 cm³/mol. The molecule has 0 spiro atoms. The molecule has 118 valence electrons. The molecule has 1 aromatic carbocycles. The molecule has 0 heterocycles. The number of carbonyl (C=O) groups excluding carboxylic acids is 1. The van der Waals surface area contributed by atoms with E-state index in [-0.39, 0.29) is 23.7 Å². The van der Waals surface area contributed by atoms with Gasteiger partial charge in [-0.2, -0.15) is 0 Å². The maximum Gasteiger partial charge on any atom is 0.306 e. The minimum Gasteiger partial charge on any atom is -0.481 e. The molecular weight excluding hydrogens is 285 g/mol. The van der Waals surface area contributed by atoms with Crippen molar-refractivity contribution in [2.75, 3.05) is 0 Å². The summed E-state index contributed by atoms with van der Waals surface area (Å²) < 4.78 is 13.1. The Hall–Kier alpha value is -1.91. The van der Waals surface area contributed by atoms with Crippen molar-refractivity contribution < 1.29 is 19.1 Å². The van der Waals surface area contributed by atoms with Crippen LogP contribution in [0.3, 0.4) is 0 Å². The zero-order valence-corrected chi connectivity index (χ0v) is 12.3. The molecule has 5 heteroatoms. The molecule has 22 heavy (non-hydrogen) atoms. The number of hydrogen-bond acceptors (Lipinski definition) is 2. The standard InChI is InChI=1S/C17H20FNO3/c18-13-5-3-12(4-6-13)17(7-1-2-8-17)16(22)19-14-9-11(10-14)15(20)21/h3-6,11,14H,1-2,7-10H2,(H,19,22)(H,20,21). The Morgan fingerprint density at radius 2 is 1.73 bits per heavy atom. The monoisotopic (exact) mass is 305 g/mol. The number of amides is 1. The van der Waals surface area contributed by atoms with Crippen molar-refractivity contribution in [2.24, 2.45) is 5.92 Å². The van der Waals surface area contributed by atoms with Gasteiger partial charge in [0.25, 0.3) is 0 Å². The third-order valence-corrected chi connectivity index (χ3v) is 5.11. The molecule has 2 aliphatic carbocycles. The van der Waals surface area contributed by atoms with Gasteiger partial charge in [-0.15, -0.1) is 0 Å². The highest BCUT2D eigenvalue weighted by atomic mass is 19.1. The molecule has 2 saturated carbocycles. The van der Waals surface area contributed by atoms with E-state index in [4.69, 9.17) is 5.11 Å². The first-order valence-electron chi connectivity index (χ1n) is 7.81. The predicted octanol–water partition coefficient (Wildman–Crippen LogP) is 2.62. The van der Waals surface area contributed by atoms with Crippen LogP contribution in [0.4, 0.5) is 4.39 Å². The molecule has 2 aliphatic rings. The Kier molecular flexibility index (Phi) is 3.89. The van der Waals surface area contributed by atoms with Gasteiger partial charge in [0.05, 0.1) is 11.3 Å². The third-order valence-electron chi connectivity index (χ3n) is 5.11.